The van der Waals surface area contributed by atoms with Crippen molar-refractivity contribution in [3.8, 4) is 5.75 Å². The van der Waals surface area contributed by atoms with Crippen molar-refractivity contribution in [2.24, 2.45) is 11.7 Å². The summed E-state index contributed by atoms with van der Waals surface area (Å²) in [6, 6.07) is 7.44. The van der Waals surface area contributed by atoms with Crippen molar-refractivity contribution in [3.05, 3.63) is 64.2 Å². The number of nitrogens with zero attached hydrogens (tertiary/aromatic N) is 3. The molecule has 0 radical (unpaired) electrons. The lowest BCUT2D eigenvalue weighted by Crippen LogP contribution is -2.59. The van der Waals surface area contributed by atoms with Crippen molar-refractivity contribution < 1.29 is 57.9 Å². The molecule has 6 N–H and O–H groups in total. The standard InChI is InChI=1S/C39H54N6O8.C7H9NO4/c1-23-17-30(49)18-24(2)31(23)21-35(44(5)6)39(53)45-22-28-12-8-7-11-27(28)20-34(45)38(52)43-32(36(40)50)13-9-10-16-41-37(51)33(42-26(4)47)15-14-29(48)19-25(3)46;1-4-3-6(10)8(7(4)11)12-5(2)9/h7-8,11-12,17-18,32-35,49H,9-10,13-16,19-22H2,1-6H3,(H2,40,50)(H,41,51)(H,42,47)(H,43,52);4H,3H2,1-2H3/t32-,33-,34-,35-;/m0./s1. The lowest BCUT2D eigenvalue weighted by atomic mass is 9.90. The number of hydrogen-bond donors (Lipinski definition) is 5. The van der Waals surface area contributed by atoms with Crippen molar-refractivity contribution in [3.63, 3.8) is 0 Å². The van der Waals surface area contributed by atoms with Crippen LogP contribution in [0.2, 0.25) is 0 Å². The topological polar surface area (TPSA) is 272 Å². The second kappa shape index (κ2) is 24.5. The molecule has 1 saturated heterocycles. The van der Waals surface area contributed by atoms with Gasteiger partial charge in [0.25, 0.3) is 11.8 Å². The summed E-state index contributed by atoms with van der Waals surface area (Å²) in [5.41, 5.74) is 10.2. The van der Waals surface area contributed by atoms with Gasteiger partial charge in [-0.2, -0.15) is 0 Å². The molecule has 2 heterocycles. The number of hydroxylamine groups is 2. The minimum absolute atomic E-state index is 0.0406. The first-order valence-electron chi connectivity index (χ1n) is 21.5. The highest BCUT2D eigenvalue weighted by atomic mass is 16.7. The Morgan fingerprint density at radius 2 is 1.52 bits per heavy atom. The zero-order valence-electron chi connectivity index (χ0n) is 38.5. The number of benzene rings is 2. The third-order valence-corrected chi connectivity index (χ3v) is 11.1. The third kappa shape index (κ3) is 15.9. The van der Waals surface area contributed by atoms with Gasteiger partial charge < -0.3 is 36.5 Å². The number of amides is 7. The Bertz CT molecular complexity index is 2120. The van der Waals surface area contributed by atoms with Crippen LogP contribution < -0.4 is 21.7 Å². The molecule has 65 heavy (non-hydrogen) atoms. The fourth-order valence-electron chi connectivity index (χ4n) is 7.68. The predicted octanol–water partition coefficient (Wildman–Crippen LogP) is 1.38. The van der Waals surface area contributed by atoms with Crippen LogP contribution in [-0.4, -0.2) is 124 Å². The van der Waals surface area contributed by atoms with E-state index in [1.54, 1.807) is 24.0 Å². The number of unbranched alkanes of at least 4 members (excludes halogenated alkanes) is 1. The number of imide groups is 1. The summed E-state index contributed by atoms with van der Waals surface area (Å²) in [5, 5.41) is 18.6. The van der Waals surface area contributed by atoms with Gasteiger partial charge >= 0.3 is 5.97 Å². The highest BCUT2D eigenvalue weighted by Gasteiger charge is 2.40. The summed E-state index contributed by atoms with van der Waals surface area (Å²) in [5.74, 6) is -4.79. The molecule has 4 rings (SSSR count). The molecule has 2 aromatic carbocycles. The number of aromatic hydroxyl groups is 1. The molecule has 0 saturated carbocycles. The van der Waals surface area contributed by atoms with E-state index in [-0.39, 0.29) is 80.8 Å². The minimum atomic E-state index is -1.03. The van der Waals surface area contributed by atoms with Crippen LogP contribution in [0.25, 0.3) is 0 Å². The number of likely N-dealkylation sites (N-methyl/N-ethyl adjacent to an activating group) is 1. The van der Waals surface area contributed by atoms with E-state index in [2.05, 4.69) is 20.8 Å². The smallest absolute Gasteiger partial charge is 0.330 e. The molecule has 5 atom stereocenters. The highest BCUT2D eigenvalue weighted by Crippen LogP contribution is 2.28. The number of fused-ring (bicyclic) bond motifs is 1. The minimum Gasteiger partial charge on any atom is -0.508 e. The molecule has 7 amide bonds. The van der Waals surface area contributed by atoms with Gasteiger partial charge in [0.2, 0.25) is 29.5 Å². The van der Waals surface area contributed by atoms with Crippen LogP contribution in [0.5, 0.6) is 5.75 Å². The van der Waals surface area contributed by atoms with Gasteiger partial charge in [0.05, 0.1) is 12.5 Å². The first-order valence-corrected chi connectivity index (χ1v) is 21.5. The molecule has 354 valence electrons. The number of nitrogens with two attached hydrogens (primary N) is 1. The van der Waals surface area contributed by atoms with Crippen molar-refractivity contribution >= 4 is 58.9 Å². The van der Waals surface area contributed by atoms with Crippen LogP contribution in [0, 0.1) is 19.8 Å². The average molecular weight is 906 g/mol. The fourth-order valence-corrected chi connectivity index (χ4v) is 7.68. The fraction of sp³-hybridized carbons (Fsp3) is 0.522. The number of phenolic OH excluding ortho intramolecular Hbond substituents is 1. The number of rotatable bonds is 20. The molecule has 0 aliphatic carbocycles. The van der Waals surface area contributed by atoms with E-state index < -0.39 is 65.6 Å². The molecule has 1 fully saturated rings. The van der Waals surface area contributed by atoms with Gasteiger partial charge in [0.1, 0.15) is 35.4 Å². The van der Waals surface area contributed by atoms with Gasteiger partial charge in [-0.25, -0.2) is 4.79 Å². The molecule has 0 spiro atoms. The Morgan fingerprint density at radius 3 is 2.06 bits per heavy atom. The zero-order chi connectivity index (χ0) is 48.7. The summed E-state index contributed by atoms with van der Waals surface area (Å²) >= 11 is 0. The van der Waals surface area contributed by atoms with Gasteiger partial charge in [-0.15, -0.1) is 5.06 Å². The molecular weight excluding hydrogens is 843 g/mol. The van der Waals surface area contributed by atoms with Crippen LogP contribution in [-0.2, 0) is 72.2 Å². The van der Waals surface area contributed by atoms with E-state index in [0.29, 0.717) is 24.3 Å². The molecular formula is C46H63N7O12. The van der Waals surface area contributed by atoms with E-state index in [9.17, 15) is 53.1 Å². The van der Waals surface area contributed by atoms with E-state index in [4.69, 9.17) is 5.73 Å². The van der Waals surface area contributed by atoms with Crippen LogP contribution >= 0.6 is 0 Å². The van der Waals surface area contributed by atoms with Gasteiger partial charge in [0, 0.05) is 52.1 Å². The SMILES string of the molecule is CC(=O)CC(=O)CC[C@H](NC(C)=O)C(=O)NCCCC[C@H](NC(=O)[C@@H]1Cc2ccccc2CN1C(=O)[C@H](Cc1c(C)cc(O)cc1C)N(C)C)C(N)=O.CC(=O)ON1C(=O)CC(C)C1=O. The Labute approximate surface area is 379 Å². The van der Waals surface area contributed by atoms with Gasteiger partial charge in [-0.1, -0.05) is 31.2 Å². The second-order valence-electron chi connectivity index (χ2n) is 16.9. The van der Waals surface area contributed by atoms with Gasteiger partial charge in [-0.3, -0.25) is 48.1 Å². The Morgan fingerprint density at radius 1 is 0.892 bits per heavy atom. The van der Waals surface area contributed by atoms with E-state index in [1.807, 2.05) is 57.1 Å². The molecule has 2 aromatic rings. The maximum absolute atomic E-state index is 14.4. The van der Waals surface area contributed by atoms with Gasteiger partial charge in [-0.05, 0) is 107 Å². The maximum atomic E-state index is 14.4. The van der Waals surface area contributed by atoms with E-state index in [1.165, 1.54) is 13.8 Å². The van der Waals surface area contributed by atoms with Crippen LogP contribution in [0.1, 0.15) is 100 Å². The zero-order valence-corrected chi connectivity index (χ0v) is 38.5. The van der Waals surface area contributed by atoms with E-state index in [0.717, 1.165) is 34.7 Å². The first-order chi connectivity index (χ1) is 30.5. The molecule has 0 aromatic heterocycles. The summed E-state index contributed by atoms with van der Waals surface area (Å²) in [6.07, 6.45) is 1.51. The number of ketones is 2. The number of aryl methyl sites for hydroxylation is 2. The summed E-state index contributed by atoms with van der Waals surface area (Å²) in [4.78, 5) is 129. The lowest BCUT2D eigenvalue weighted by Gasteiger charge is -2.39. The van der Waals surface area contributed by atoms with Crippen LogP contribution in [0.4, 0.5) is 0 Å². The Kier molecular flexibility index (Phi) is 19.9. The number of phenols is 1. The highest BCUT2D eigenvalue weighted by molar-refractivity contribution is 6.03. The van der Waals surface area contributed by atoms with Crippen LogP contribution in [0.3, 0.4) is 0 Å². The maximum Gasteiger partial charge on any atom is 0.330 e. The Hall–Kier alpha value is -6.50. The number of primary amides is 1. The molecule has 1 unspecified atom stereocenters. The number of nitrogens with one attached hydrogen (secondary N) is 3. The van der Waals surface area contributed by atoms with Crippen LogP contribution in [0.15, 0.2) is 36.4 Å². The average Bonchev–Trinajstić information content (AvgIpc) is 3.45. The quantitative estimate of drug-likeness (QED) is 0.0715. The normalized spacial score (nSPS) is 16.9. The number of hydrogen-bond acceptors (Lipinski definition) is 13. The molecule has 2 aliphatic heterocycles. The first kappa shape index (κ1) is 52.8. The molecule has 19 heteroatoms. The molecule has 0 bridgehead atoms. The lowest BCUT2D eigenvalue weighted by molar-refractivity contribution is -0.196. The summed E-state index contributed by atoms with van der Waals surface area (Å²) in [6.45, 7) is 9.50. The molecule has 2 aliphatic rings. The van der Waals surface area contributed by atoms with Crippen molar-refractivity contribution in [2.45, 2.75) is 130 Å². The number of carbonyl (C=O) groups is 10. The van der Waals surface area contributed by atoms with Crippen molar-refractivity contribution in [1.29, 1.82) is 0 Å². The number of carbonyl (C=O) groups excluding carboxylic acids is 10. The Balaban J connectivity index is 0.000000806. The van der Waals surface area contributed by atoms with Crippen molar-refractivity contribution in [1.82, 2.24) is 30.8 Å². The monoisotopic (exact) mass is 905 g/mol. The summed E-state index contributed by atoms with van der Waals surface area (Å²) < 4.78 is 0. The largest absolute Gasteiger partial charge is 0.508 e. The second-order valence-corrected chi connectivity index (χ2v) is 16.9. The van der Waals surface area contributed by atoms with Crippen molar-refractivity contribution in [2.75, 3.05) is 20.6 Å². The van der Waals surface area contributed by atoms with E-state index >= 15 is 0 Å². The van der Waals surface area contributed by atoms with Gasteiger partial charge in [0.15, 0.2) is 0 Å². The predicted molar refractivity (Wildman–Crippen MR) is 236 cm³/mol. The summed E-state index contributed by atoms with van der Waals surface area (Å²) in [7, 11) is 3.62. The third-order valence-electron chi connectivity index (χ3n) is 11.1. The number of Topliss-reactive ketones (excluding diaryl/α,β-unsaturated/α-hetero) is 2. The molecule has 19 nitrogen and oxygen atoms in total.